The number of ether oxygens (including phenoxy) is 1. The van der Waals surface area contributed by atoms with E-state index in [1.54, 1.807) is 24.3 Å². The van der Waals surface area contributed by atoms with Crippen LogP contribution in [0.4, 0.5) is 0 Å². The number of carbonyl (C=O) groups excluding carboxylic acids is 2. The SMILES string of the molecule is O=C(c1ccccc1O)C1(C2=CC(c3ccc(Cl)cc3)C3(CCCCC3)C(=O)O2)CCCCC1. The number of esters is 1. The number of halogens is 1. The van der Waals surface area contributed by atoms with Gasteiger partial charge in [0.25, 0.3) is 0 Å². The number of carbonyl (C=O) groups is 2. The van der Waals surface area contributed by atoms with Crippen LogP contribution in [0.2, 0.25) is 5.02 Å². The van der Waals surface area contributed by atoms with Crippen LogP contribution in [-0.2, 0) is 9.53 Å². The Morgan fingerprint density at radius 2 is 1.50 bits per heavy atom. The van der Waals surface area contributed by atoms with Crippen LogP contribution in [0.25, 0.3) is 0 Å². The third-order valence-corrected chi connectivity index (χ3v) is 8.51. The molecule has 0 aromatic heterocycles. The Bertz CT molecular complexity index is 1110. The molecule has 4 nitrogen and oxygen atoms in total. The molecule has 3 aliphatic rings. The molecule has 5 heteroatoms. The third kappa shape index (κ3) is 3.86. The number of phenolic OH excluding ortho intramolecular Hbond substituents is 1. The van der Waals surface area contributed by atoms with E-state index in [1.165, 1.54) is 0 Å². The smallest absolute Gasteiger partial charge is 0.318 e. The number of rotatable bonds is 4. The highest BCUT2D eigenvalue weighted by Crippen LogP contribution is 2.56. The minimum Gasteiger partial charge on any atom is -0.507 e. The van der Waals surface area contributed by atoms with Gasteiger partial charge in [-0.15, -0.1) is 0 Å². The summed E-state index contributed by atoms with van der Waals surface area (Å²) in [6.45, 7) is 0. The van der Waals surface area contributed by atoms with Gasteiger partial charge in [0.15, 0.2) is 5.78 Å². The summed E-state index contributed by atoms with van der Waals surface area (Å²) in [6, 6.07) is 14.4. The van der Waals surface area contributed by atoms with Crippen LogP contribution < -0.4 is 0 Å². The summed E-state index contributed by atoms with van der Waals surface area (Å²) in [6.07, 6.45) is 10.8. The van der Waals surface area contributed by atoms with Crippen molar-refractivity contribution in [3.63, 3.8) is 0 Å². The lowest BCUT2D eigenvalue weighted by Gasteiger charge is -2.47. The van der Waals surface area contributed by atoms with E-state index in [2.05, 4.69) is 6.08 Å². The van der Waals surface area contributed by atoms with Gasteiger partial charge < -0.3 is 9.84 Å². The van der Waals surface area contributed by atoms with E-state index in [1.807, 2.05) is 24.3 Å². The Kier molecular flexibility index (Phi) is 6.28. The maximum Gasteiger partial charge on any atom is 0.318 e. The third-order valence-electron chi connectivity index (χ3n) is 8.26. The first-order valence-corrected chi connectivity index (χ1v) is 12.9. The molecule has 1 unspecified atom stereocenters. The van der Waals surface area contributed by atoms with Gasteiger partial charge in [-0.05, 0) is 61.6 Å². The van der Waals surface area contributed by atoms with Crippen LogP contribution in [0.5, 0.6) is 5.75 Å². The number of Topliss-reactive ketones (excluding diaryl/α,β-unsaturated/α-hetero) is 1. The summed E-state index contributed by atoms with van der Waals surface area (Å²) < 4.78 is 6.17. The van der Waals surface area contributed by atoms with Gasteiger partial charge in [0.2, 0.25) is 0 Å². The molecule has 2 fully saturated rings. The van der Waals surface area contributed by atoms with Crippen molar-refractivity contribution in [3.8, 4) is 5.75 Å². The first kappa shape index (κ1) is 23.2. The Labute approximate surface area is 206 Å². The summed E-state index contributed by atoms with van der Waals surface area (Å²) >= 11 is 6.18. The average molecular weight is 479 g/mol. The number of cyclic esters (lactones) is 1. The number of hydrogen-bond acceptors (Lipinski definition) is 4. The lowest BCUT2D eigenvalue weighted by molar-refractivity contribution is -0.159. The van der Waals surface area contributed by atoms with Gasteiger partial charge >= 0.3 is 5.97 Å². The number of allylic oxidation sites excluding steroid dienone is 2. The lowest BCUT2D eigenvalue weighted by Crippen LogP contribution is -2.47. The van der Waals surface area contributed by atoms with E-state index in [-0.39, 0.29) is 23.4 Å². The van der Waals surface area contributed by atoms with Crippen molar-refractivity contribution >= 4 is 23.4 Å². The van der Waals surface area contributed by atoms with E-state index >= 15 is 0 Å². The van der Waals surface area contributed by atoms with Crippen molar-refractivity contribution in [3.05, 3.63) is 76.5 Å². The molecule has 0 amide bonds. The van der Waals surface area contributed by atoms with Gasteiger partial charge in [-0.3, -0.25) is 9.59 Å². The van der Waals surface area contributed by atoms with E-state index < -0.39 is 10.8 Å². The largest absolute Gasteiger partial charge is 0.507 e. The summed E-state index contributed by atoms with van der Waals surface area (Å²) in [5, 5.41) is 11.1. The fraction of sp³-hybridized carbons (Fsp3) is 0.448. The quantitative estimate of drug-likeness (QED) is 0.368. The molecule has 5 rings (SSSR count). The molecule has 1 heterocycles. The number of phenols is 1. The minimum absolute atomic E-state index is 0.0295. The summed E-state index contributed by atoms with van der Waals surface area (Å²) in [5.74, 6) is -0.0874. The first-order valence-electron chi connectivity index (χ1n) is 12.5. The van der Waals surface area contributed by atoms with Gasteiger partial charge in [0, 0.05) is 10.9 Å². The topological polar surface area (TPSA) is 63.6 Å². The molecule has 2 saturated carbocycles. The van der Waals surface area contributed by atoms with Crippen molar-refractivity contribution in [1.29, 1.82) is 0 Å². The Hall–Kier alpha value is -2.59. The highest BCUT2D eigenvalue weighted by atomic mass is 35.5. The van der Waals surface area contributed by atoms with Gasteiger partial charge in [-0.25, -0.2) is 0 Å². The van der Waals surface area contributed by atoms with E-state index in [9.17, 15) is 14.7 Å². The maximum atomic E-state index is 14.0. The molecule has 178 valence electrons. The molecule has 2 aromatic carbocycles. The molecule has 1 N–H and O–H groups in total. The summed E-state index contributed by atoms with van der Waals surface area (Å²) in [4.78, 5) is 27.8. The number of benzene rings is 2. The van der Waals surface area contributed by atoms with Gasteiger partial charge in [-0.2, -0.15) is 0 Å². The molecule has 0 saturated heterocycles. The Morgan fingerprint density at radius 1 is 0.882 bits per heavy atom. The van der Waals surface area contributed by atoms with Crippen LogP contribution in [0.1, 0.15) is 86.0 Å². The maximum absolute atomic E-state index is 14.0. The average Bonchev–Trinajstić information content (AvgIpc) is 2.87. The molecule has 2 aliphatic carbocycles. The number of hydrogen-bond donors (Lipinski definition) is 1. The Balaban J connectivity index is 1.65. The van der Waals surface area contributed by atoms with Crippen molar-refractivity contribution in [2.75, 3.05) is 0 Å². The normalized spacial score (nSPS) is 23.7. The number of aromatic hydroxyl groups is 1. The molecule has 0 bridgehead atoms. The first-order chi connectivity index (χ1) is 16.5. The lowest BCUT2D eigenvalue weighted by atomic mass is 9.60. The van der Waals surface area contributed by atoms with Gasteiger partial charge in [0.05, 0.1) is 16.4 Å². The van der Waals surface area contributed by atoms with Gasteiger partial charge in [-0.1, -0.05) is 74.4 Å². The molecular weight excluding hydrogens is 448 g/mol. The standard InChI is InChI=1S/C29H31ClO4/c30-21-13-11-20(12-14-21)23-19-25(34-27(33)28(23)15-5-1-6-16-28)29(17-7-2-8-18-29)26(32)22-9-3-4-10-24(22)31/h3-4,9-14,19,23,31H,1-2,5-8,15-18H2. The van der Waals surface area contributed by atoms with Crippen LogP contribution in [0, 0.1) is 10.8 Å². The fourth-order valence-corrected chi connectivity index (χ4v) is 6.50. The van der Waals surface area contributed by atoms with Gasteiger partial charge in [0.1, 0.15) is 11.5 Å². The van der Waals surface area contributed by atoms with E-state index in [4.69, 9.17) is 16.3 Å². The second-order valence-electron chi connectivity index (χ2n) is 10.2. The number of para-hydroxylation sites is 1. The van der Waals surface area contributed by atoms with Crippen molar-refractivity contribution < 1.29 is 19.4 Å². The zero-order valence-corrected chi connectivity index (χ0v) is 20.2. The predicted octanol–water partition coefficient (Wildman–Crippen LogP) is 7.35. The second-order valence-corrected chi connectivity index (χ2v) is 10.6. The van der Waals surface area contributed by atoms with Crippen molar-refractivity contribution in [2.45, 2.75) is 70.1 Å². The molecule has 1 aliphatic heterocycles. The monoisotopic (exact) mass is 478 g/mol. The van der Waals surface area contributed by atoms with Crippen LogP contribution in [-0.4, -0.2) is 16.9 Å². The Morgan fingerprint density at radius 3 is 2.15 bits per heavy atom. The molecule has 2 aromatic rings. The highest BCUT2D eigenvalue weighted by Gasteiger charge is 2.55. The predicted molar refractivity (Wildman–Crippen MR) is 132 cm³/mol. The van der Waals surface area contributed by atoms with Crippen molar-refractivity contribution in [1.82, 2.24) is 0 Å². The molecule has 1 atom stereocenters. The fourth-order valence-electron chi connectivity index (χ4n) is 6.38. The van der Waals surface area contributed by atoms with Crippen LogP contribution >= 0.6 is 11.6 Å². The molecule has 1 spiro atoms. The zero-order valence-electron chi connectivity index (χ0n) is 19.4. The van der Waals surface area contributed by atoms with Crippen molar-refractivity contribution in [2.24, 2.45) is 10.8 Å². The molecule has 0 radical (unpaired) electrons. The number of ketones is 1. The minimum atomic E-state index is -0.937. The van der Waals surface area contributed by atoms with Crippen LogP contribution in [0.3, 0.4) is 0 Å². The zero-order chi connectivity index (χ0) is 23.8. The summed E-state index contributed by atoms with van der Waals surface area (Å²) in [7, 11) is 0. The van der Waals surface area contributed by atoms with Crippen LogP contribution in [0.15, 0.2) is 60.4 Å². The molecule has 34 heavy (non-hydrogen) atoms. The van der Waals surface area contributed by atoms with E-state index in [0.29, 0.717) is 29.2 Å². The molecular formula is C29H31ClO4. The highest BCUT2D eigenvalue weighted by molar-refractivity contribution is 6.30. The summed E-state index contributed by atoms with van der Waals surface area (Å²) in [5.41, 5.74) is -0.222. The van der Waals surface area contributed by atoms with E-state index in [0.717, 1.165) is 56.9 Å². The second kappa shape index (κ2) is 9.22.